The van der Waals surface area contributed by atoms with E-state index in [0.717, 1.165) is 16.9 Å². The summed E-state index contributed by atoms with van der Waals surface area (Å²) in [6, 6.07) is 26.9. The summed E-state index contributed by atoms with van der Waals surface area (Å²) in [5, 5.41) is 0. The van der Waals surface area contributed by atoms with E-state index >= 15 is 0 Å². The summed E-state index contributed by atoms with van der Waals surface area (Å²) in [5.74, 6) is 1.44. The summed E-state index contributed by atoms with van der Waals surface area (Å²) in [6.07, 6.45) is 1.79. The summed E-state index contributed by atoms with van der Waals surface area (Å²) < 4.78 is 5.95. The Balaban J connectivity index is 1.63. The van der Waals surface area contributed by atoms with Crippen LogP contribution < -0.4 is 0 Å². The van der Waals surface area contributed by atoms with Crippen LogP contribution in [0.4, 0.5) is 0 Å². The van der Waals surface area contributed by atoms with Crippen LogP contribution in [0, 0.1) is 6.92 Å². The van der Waals surface area contributed by atoms with Crippen LogP contribution in [0.2, 0.25) is 0 Å². The molecule has 0 radical (unpaired) electrons. The summed E-state index contributed by atoms with van der Waals surface area (Å²) in [6.45, 7) is 2.07. The molecule has 0 N–H and O–H groups in total. The van der Waals surface area contributed by atoms with Gasteiger partial charge in [0.05, 0.1) is 6.20 Å². The second-order valence-electron chi connectivity index (χ2n) is 5.84. The largest absolute Gasteiger partial charge is 0.436 e. The Labute approximate surface area is 141 Å². The Hall–Kier alpha value is -3.13. The highest BCUT2D eigenvalue weighted by molar-refractivity contribution is 5.68. The number of hydrogen-bond acceptors (Lipinski definition) is 2. The first-order valence-electron chi connectivity index (χ1n) is 7.98. The monoisotopic (exact) mass is 311 g/mol. The predicted octanol–water partition coefficient (Wildman–Crippen LogP) is 5.98. The first kappa shape index (κ1) is 14.5. The number of benzene rings is 3. The molecular formula is C22H17NO. The maximum atomic E-state index is 5.95. The van der Waals surface area contributed by atoms with Crippen LogP contribution in [-0.2, 0) is 0 Å². The number of aromatic nitrogens is 1. The molecule has 0 atom stereocenters. The van der Waals surface area contributed by atoms with Gasteiger partial charge in [-0.1, -0.05) is 72.3 Å². The molecule has 0 aliphatic carbocycles. The van der Waals surface area contributed by atoms with E-state index in [1.165, 1.54) is 16.7 Å². The van der Waals surface area contributed by atoms with Gasteiger partial charge < -0.3 is 4.42 Å². The van der Waals surface area contributed by atoms with Crippen LogP contribution in [-0.4, -0.2) is 4.98 Å². The topological polar surface area (TPSA) is 26.0 Å². The van der Waals surface area contributed by atoms with Gasteiger partial charge in [-0.15, -0.1) is 0 Å². The van der Waals surface area contributed by atoms with Crippen molar-refractivity contribution in [2.75, 3.05) is 0 Å². The number of hydrogen-bond donors (Lipinski definition) is 0. The fraction of sp³-hybridized carbons (Fsp3) is 0.0455. The van der Waals surface area contributed by atoms with Crippen molar-refractivity contribution in [3.63, 3.8) is 0 Å². The van der Waals surface area contributed by atoms with E-state index in [1.54, 1.807) is 6.20 Å². The van der Waals surface area contributed by atoms with Crippen molar-refractivity contribution in [3.8, 4) is 33.9 Å². The molecule has 1 aromatic heterocycles. The molecule has 1 heterocycles. The lowest BCUT2D eigenvalue weighted by Crippen LogP contribution is -1.79. The minimum absolute atomic E-state index is 0.654. The molecule has 3 aromatic carbocycles. The molecule has 0 aliphatic rings. The Kier molecular flexibility index (Phi) is 3.72. The average molecular weight is 311 g/mol. The molecule has 116 valence electrons. The molecule has 4 rings (SSSR count). The minimum Gasteiger partial charge on any atom is -0.436 e. The molecule has 0 bridgehead atoms. The smallest absolute Gasteiger partial charge is 0.226 e. The van der Waals surface area contributed by atoms with Gasteiger partial charge in [0.25, 0.3) is 0 Å². The van der Waals surface area contributed by atoms with Crippen molar-refractivity contribution in [1.29, 1.82) is 0 Å². The lowest BCUT2D eigenvalue weighted by atomic mass is 10.0. The van der Waals surface area contributed by atoms with E-state index in [4.69, 9.17) is 4.42 Å². The maximum absolute atomic E-state index is 5.95. The van der Waals surface area contributed by atoms with Crippen LogP contribution in [0.5, 0.6) is 0 Å². The molecule has 0 amide bonds. The van der Waals surface area contributed by atoms with Crippen molar-refractivity contribution in [1.82, 2.24) is 4.98 Å². The van der Waals surface area contributed by atoms with Crippen LogP contribution in [0.3, 0.4) is 0 Å². The molecular weight excluding hydrogens is 294 g/mol. The summed E-state index contributed by atoms with van der Waals surface area (Å²) >= 11 is 0. The highest BCUT2D eigenvalue weighted by atomic mass is 16.4. The van der Waals surface area contributed by atoms with Gasteiger partial charge in [0.15, 0.2) is 5.76 Å². The van der Waals surface area contributed by atoms with Crippen LogP contribution in [0.25, 0.3) is 33.9 Å². The minimum atomic E-state index is 0.654. The molecule has 0 saturated heterocycles. The molecule has 2 nitrogen and oxygen atoms in total. The predicted molar refractivity (Wildman–Crippen MR) is 97.5 cm³/mol. The van der Waals surface area contributed by atoms with E-state index in [1.807, 2.05) is 30.3 Å². The van der Waals surface area contributed by atoms with Crippen molar-refractivity contribution in [2.45, 2.75) is 6.92 Å². The number of aryl methyl sites for hydroxylation is 1. The highest BCUT2D eigenvalue weighted by Gasteiger charge is 2.09. The summed E-state index contributed by atoms with van der Waals surface area (Å²) in [5.41, 5.74) is 5.63. The van der Waals surface area contributed by atoms with E-state index in [-0.39, 0.29) is 0 Å². The van der Waals surface area contributed by atoms with Gasteiger partial charge >= 0.3 is 0 Å². The first-order valence-corrected chi connectivity index (χ1v) is 7.98. The van der Waals surface area contributed by atoms with Crippen LogP contribution in [0.15, 0.2) is 89.5 Å². The number of nitrogens with zero attached hydrogens (tertiary/aromatic N) is 1. The molecule has 4 aromatic rings. The molecule has 0 aliphatic heterocycles. The number of rotatable bonds is 3. The lowest BCUT2D eigenvalue weighted by molar-refractivity contribution is 0.589. The van der Waals surface area contributed by atoms with Gasteiger partial charge in [-0.2, -0.15) is 0 Å². The van der Waals surface area contributed by atoms with E-state index in [0.29, 0.717) is 5.89 Å². The van der Waals surface area contributed by atoms with E-state index < -0.39 is 0 Å². The molecule has 0 spiro atoms. The normalized spacial score (nSPS) is 10.7. The molecule has 0 unspecified atom stereocenters. The molecule has 0 saturated carbocycles. The van der Waals surface area contributed by atoms with Gasteiger partial charge in [0.1, 0.15) is 0 Å². The van der Waals surface area contributed by atoms with Crippen molar-refractivity contribution < 1.29 is 4.42 Å². The standard InChI is InChI=1S/C22H17NO/c1-16-6-5-9-20(14-16)22-23-15-21(24-22)19-12-10-18(11-13-19)17-7-3-2-4-8-17/h2-15H,1H3. The zero-order chi connectivity index (χ0) is 16.4. The zero-order valence-corrected chi connectivity index (χ0v) is 13.4. The quantitative estimate of drug-likeness (QED) is 0.465. The zero-order valence-electron chi connectivity index (χ0n) is 13.4. The van der Waals surface area contributed by atoms with Crippen molar-refractivity contribution in [2.24, 2.45) is 0 Å². The Morgan fingerprint density at radius 2 is 1.33 bits per heavy atom. The van der Waals surface area contributed by atoms with Gasteiger partial charge in [-0.3, -0.25) is 0 Å². The first-order chi connectivity index (χ1) is 11.8. The van der Waals surface area contributed by atoms with Gasteiger partial charge in [-0.05, 0) is 30.2 Å². The third-order valence-corrected chi connectivity index (χ3v) is 4.05. The van der Waals surface area contributed by atoms with Crippen molar-refractivity contribution in [3.05, 3.63) is 90.6 Å². The van der Waals surface area contributed by atoms with Crippen LogP contribution >= 0.6 is 0 Å². The third-order valence-electron chi connectivity index (χ3n) is 4.05. The fourth-order valence-electron chi connectivity index (χ4n) is 2.78. The molecule has 0 fully saturated rings. The van der Waals surface area contributed by atoms with Gasteiger partial charge in [-0.25, -0.2) is 4.98 Å². The van der Waals surface area contributed by atoms with Gasteiger partial charge in [0, 0.05) is 11.1 Å². The van der Waals surface area contributed by atoms with E-state index in [9.17, 15) is 0 Å². The highest BCUT2D eigenvalue weighted by Crippen LogP contribution is 2.28. The third kappa shape index (κ3) is 2.86. The Bertz CT molecular complexity index is 953. The summed E-state index contributed by atoms with van der Waals surface area (Å²) in [7, 11) is 0. The average Bonchev–Trinajstić information content (AvgIpc) is 3.13. The Morgan fingerprint density at radius 3 is 2.08 bits per heavy atom. The SMILES string of the molecule is Cc1cccc(-c2ncc(-c3ccc(-c4ccccc4)cc3)o2)c1. The second-order valence-corrected chi connectivity index (χ2v) is 5.84. The van der Waals surface area contributed by atoms with Crippen molar-refractivity contribution >= 4 is 0 Å². The fourth-order valence-corrected chi connectivity index (χ4v) is 2.78. The summed E-state index contributed by atoms with van der Waals surface area (Å²) in [4.78, 5) is 4.42. The van der Waals surface area contributed by atoms with Crippen LogP contribution in [0.1, 0.15) is 5.56 Å². The lowest BCUT2D eigenvalue weighted by Gasteiger charge is -2.02. The van der Waals surface area contributed by atoms with E-state index in [2.05, 4.69) is 60.4 Å². The molecule has 2 heteroatoms. The van der Waals surface area contributed by atoms with Gasteiger partial charge in [0.2, 0.25) is 5.89 Å². The Morgan fingerprint density at radius 1 is 0.667 bits per heavy atom. The number of oxazole rings is 1. The maximum Gasteiger partial charge on any atom is 0.226 e. The molecule has 24 heavy (non-hydrogen) atoms. The second kappa shape index (κ2) is 6.17.